The fourth-order valence-corrected chi connectivity index (χ4v) is 3.33. The third-order valence-electron chi connectivity index (χ3n) is 3.38. The quantitative estimate of drug-likeness (QED) is 0.801. The molecule has 0 aliphatic rings. The van der Waals surface area contributed by atoms with Gasteiger partial charge in [0.1, 0.15) is 10.7 Å². The molecule has 5 heteroatoms. The Labute approximate surface area is 126 Å². The molecule has 2 aromatic rings. The number of carboxylic acid groups (broad SMARTS) is 1. The highest BCUT2D eigenvalue weighted by molar-refractivity contribution is 7.21. The lowest BCUT2D eigenvalue weighted by molar-refractivity contribution is 0.0701. The Bertz CT molecular complexity index is 702. The van der Waals surface area contributed by atoms with Crippen molar-refractivity contribution < 1.29 is 14.3 Å². The molecule has 1 heterocycles. The van der Waals surface area contributed by atoms with Gasteiger partial charge in [0.15, 0.2) is 0 Å². The van der Waals surface area contributed by atoms with Crippen LogP contribution in [-0.2, 0) is 6.54 Å². The number of carboxylic acids is 1. The molecule has 1 unspecified atom stereocenters. The van der Waals surface area contributed by atoms with Crippen LogP contribution < -0.4 is 5.32 Å². The predicted molar refractivity (Wildman–Crippen MR) is 83.1 cm³/mol. The Morgan fingerprint density at radius 1 is 1.57 bits per heavy atom. The van der Waals surface area contributed by atoms with E-state index < -0.39 is 11.8 Å². The van der Waals surface area contributed by atoms with E-state index in [1.165, 1.54) is 6.07 Å². The van der Waals surface area contributed by atoms with Gasteiger partial charge in [-0.15, -0.1) is 23.7 Å². The SMILES string of the molecule is C#CCC(CC)NCc1c(C(=O)O)sc2cccc(F)c12. The second-order valence-corrected chi connectivity index (χ2v) is 5.77. The smallest absolute Gasteiger partial charge is 0.346 e. The van der Waals surface area contributed by atoms with Crippen LogP contribution in [0.15, 0.2) is 18.2 Å². The first kappa shape index (κ1) is 15.5. The summed E-state index contributed by atoms with van der Waals surface area (Å²) in [5, 5.41) is 12.9. The molecule has 0 aliphatic carbocycles. The Balaban J connectivity index is 2.39. The summed E-state index contributed by atoms with van der Waals surface area (Å²) in [5.41, 5.74) is 0.496. The maximum Gasteiger partial charge on any atom is 0.346 e. The zero-order chi connectivity index (χ0) is 15.4. The lowest BCUT2D eigenvalue weighted by Crippen LogP contribution is -2.28. The second kappa shape index (κ2) is 6.70. The molecule has 2 rings (SSSR count). The zero-order valence-electron chi connectivity index (χ0n) is 11.6. The van der Waals surface area contributed by atoms with Crippen LogP contribution in [0.2, 0.25) is 0 Å². The number of rotatable bonds is 6. The number of carbonyl (C=O) groups is 1. The molecule has 0 radical (unpaired) electrons. The highest BCUT2D eigenvalue weighted by atomic mass is 32.1. The highest BCUT2D eigenvalue weighted by Gasteiger charge is 2.20. The number of hydrogen-bond donors (Lipinski definition) is 2. The molecule has 0 aliphatic heterocycles. The van der Waals surface area contributed by atoms with Crippen molar-refractivity contribution in [3.05, 3.63) is 34.5 Å². The fourth-order valence-electron chi connectivity index (χ4n) is 2.26. The van der Waals surface area contributed by atoms with Crippen molar-refractivity contribution in [3.8, 4) is 12.3 Å². The molecule has 0 fully saturated rings. The van der Waals surface area contributed by atoms with E-state index in [9.17, 15) is 14.3 Å². The first-order valence-electron chi connectivity index (χ1n) is 6.68. The number of thiophene rings is 1. The van der Waals surface area contributed by atoms with Gasteiger partial charge in [-0.1, -0.05) is 13.0 Å². The van der Waals surface area contributed by atoms with Crippen molar-refractivity contribution in [1.29, 1.82) is 0 Å². The third kappa shape index (κ3) is 3.23. The van der Waals surface area contributed by atoms with Crippen LogP contribution in [0.4, 0.5) is 4.39 Å². The zero-order valence-corrected chi connectivity index (χ0v) is 12.5. The van der Waals surface area contributed by atoms with Gasteiger partial charge >= 0.3 is 5.97 Å². The number of nitrogens with one attached hydrogen (secondary N) is 1. The van der Waals surface area contributed by atoms with Crippen LogP contribution in [0.5, 0.6) is 0 Å². The number of benzene rings is 1. The second-order valence-electron chi connectivity index (χ2n) is 4.72. The molecule has 0 amide bonds. The average molecular weight is 305 g/mol. The normalized spacial score (nSPS) is 12.2. The van der Waals surface area contributed by atoms with Gasteiger partial charge in [0, 0.05) is 34.7 Å². The molecule has 110 valence electrons. The van der Waals surface area contributed by atoms with Gasteiger partial charge in [-0.2, -0.15) is 0 Å². The minimum Gasteiger partial charge on any atom is -0.477 e. The summed E-state index contributed by atoms with van der Waals surface area (Å²) < 4.78 is 14.7. The van der Waals surface area contributed by atoms with E-state index in [2.05, 4.69) is 11.2 Å². The van der Waals surface area contributed by atoms with Crippen LogP contribution in [0, 0.1) is 18.2 Å². The van der Waals surface area contributed by atoms with Gasteiger partial charge in [0.05, 0.1) is 0 Å². The summed E-state index contributed by atoms with van der Waals surface area (Å²) in [5.74, 6) is 1.16. The van der Waals surface area contributed by atoms with Gasteiger partial charge in [0.2, 0.25) is 0 Å². The van der Waals surface area contributed by atoms with Crippen LogP contribution in [-0.4, -0.2) is 17.1 Å². The highest BCUT2D eigenvalue weighted by Crippen LogP contribution is 2.33. The Hall–Kier alpha value is -1.90. The van der Waals surface area contributed by atoms with Crippen molar-refractivity contribution in [2.24, 2.45) is 0 Å². The molecule has 2 N–H and O–H groups in total. The Morgan fingerprint density at radius 3 is 2.95 bits per heavy atom. The van der Waals surface area contributed by atoms with Gasteiger partial charge in [-0.3, -0.25) is 0 Å². The molecule has 1 atom stereocenters. The number of fused-ring (bicyclic) bond motifs is 1. The van der Waals surface area contributed by atoms with Crippen LogP contribution in [0.25, 0.3) is 10.1 Å². The number of hydrogen-bond acceptors (Lipinski definition) is 3. The lowest BCUT2D eigenvalue weighted by atomic mass is 10.1. The summed E-state index contributed by atoms with van der Waals surface area (Å²) in [4.78, 5) is 11.5. The van der Waals surface area contributed by atoms with Crippen LogP contribution in [0.3, 0.4) is 0 Å². The molecular formula is C16H16FNO2S. The molecule has 3 nitrogen and oxygen atoms in total. The summed E-state index contributed by atoms with van der Waals surface area (Å²) in [6.07, 6.45) is 6.69. The number of halogens is 1. The van der Waals surface area contributed by atoms with Gasteiger partial charge < -0.3 is 10.4 Å². The van der Waals surface area contributed by atoms with E-state index in [4.69, 9.17) is 6.42 Å². The molecule has 0 spiro atoms. The fraction of sp³-hybridized carbons (Fsp3) is 0.312. The first-order valence-corrected chi connectivity index (χ1v) is 7.50. The molecule has 0 saturated heterocycles. The summed E-state index contributed by atoms with van der Waals surface area (Å²) in [7, 11) is 0. The largest absolute Gasteiger partial charge is 0.477 e. The van der Waals surface area contributed by atoms with E-state index in [0.717, 1.165) is 17.8 Å². The maximum atomic E-state index is 14.0. The van der Waals surface area contributed by atoms with Crippen LogP contribution >= 0.6 is 11.3 Å². The minimum atomic E-state index is -1.03. The van der Waals surface area contributed by atoms with Gasteiger partial charge in [-0.25, -0.2) is 9.18 Å². The van der Waals surface area contributed by atoms with E-state index in [1.807, 2.05) is 6.92 Å². The van der Waals surface area contributed by atoms with Crippen LogP contribution in [0.1, 0.15) is 35.0 Å². The van der Waals surface area contributed by atoms with Gasteiger partial charge in [0.25, 0.3) is 0 Å². The van der Waals surface area contributed by atoms with Crippen molar-refractivity contribution in [2.45, 2.75) is 32.4 Å². The van der Waals surface area contributed by atoms with E-state index in [-0.39, 0.29) is 10.9 Å². The monoisotopic (exact) mass is 305 g/mol. The van der Waals surface area contributed by atoms with Crippen molar-refractivity contribution in [3.63, 3.8) is 0 Å². The predicted octanol–water partition coefficient (Wildman–Crippen LogP) is 3.63. The summed E-state index contributed by atoms with van der Waals surface area (Å²) in [6, 6.07) is 4.77. The van der Waals surface area contributed by atoms with Crippen molar-refractivity contribution in [1.82, 2.24) is 5.32 Å². The lowest BCUT2D eigenvalue weighted by Gasteiger charge is -2.14. The molecule has 1 aromatic carbocycles. The minimum absolute atomic E-state index is 0.0957. The maximum absolute atomic E-state index is 14.0. The topological polar surface area (TPSA) is 49.3 Å². The molecule has 1 aromatic heterocycles. The van der Waals surface area contributed by atoms with E-state index in [0.29, 0.717) is 28.6 Å². The summed E-state index contributed by atoms with van der Waals surface area (Å²) >= 11 is 1.10. The van der Waals surface area contributed by atoms with Crippen molar-refractivity contribution >= 4 is 27.4 Å². The summed E-state index contributed by atoms with van der Waals surface area (Å²) in [6.45, 7) is 2.29. The number of aromatic carboxylic acids is 1. The average Bonchev–Trinajstić information content (AvgIpc) is 2.84. The molecular weight excluding hydrogens is 289 g/mol. The van der Waals surface area contributed by atoms with Gasteiger partial charge in [-0.05, 0) is 18.6 Å². The first-order chi connectivity index (χ1) is 10.1. The van der Waals surface area contributed by atoms with E-state index >= 15 is 0 Å². The Kier molecular flexibility index (Phi) is 4.94. The Morgan fingerprint density at radius 2 is 2.33 bits per heavy atom. The molecule has 0 saturated carbocycles. The molecule has 21 heavy (non-hydrogen) atoms. The third-order valence-corrected chi connectivity index (χ3v) is 4.57. The number of terminal acetylenes is 1. The van der Waals surface area contributed by atoms with E-state index in [1.54, 1.807) is 12.1 Å². The standard InChI is InChI=1S/C16H16FNO2S/c1-3-6-10(4-2)18-9-11-14-12(17)7-5-8-13(14)21-15(11)16(19)20/h1,5,7-8,10,18H,4,6,9H2,2H3,(H,19,20). The van der Waals surface area contributed by atoms with Crippen molar-refractivity contribution in [2.75, 3.05) is 0 Å². The molecule has 0 bridgehead atoms.